The summed E-state index contributed by atoms with van der Waals surface area (Å²) in [6.45, 7) is 9.32. The second kappa shape index (κ2) is 8.48. The predicted molar refractivity (Wildman–Crippen MR) is 100 cm³/mol. The minimum Gasteiger partial charge on any atom is -0.333 e. The fourth-order valence-electron chi connectivity index (χ4n) is 3.25. The van der Waals surface area contributed by atoms with Crippen molar-refractivity contribution in [3.63, 3.8) is 0 Å². The van der Waals surface area contributed by atoms with Crippen LogP contribution in [-0.4, -0.2) is 41.5 Å². The minimum atomic E-state index is -0.427. The number of imide groups is 1. The number of carbonyl (C=O) groups excluding carboxylic acids is 2. The Morgan fingerprint density at radius 1 is 1.16 bits per heavy atom. The minimum absolute atomic E-state index is 0.233. The van der Waals surface area contributed by atoms with Crippen molar-refractivity contribution in [2.45, 2.75) is 58.5 Å². The molecule has 1 aromatic carbocycles. The Morgan fingerprint density at radius 3 is 2.32 bits per heavy atom. The number of nitrogens with one attached hydrogen (secondary N) is 2. The molecule has 0 radical (unpaired) electrons. The summed E-state index contributed by atoms with van der Waals surface area (Å²) in [5.41, 5.74) is 1.02. The van der Waals surface area contributed by atoms with Crippen LogP contribution in [0.4, 0.5) is 4.79 Å². The first-order valence-corrected chi connectivity index (χ1v) is 9.15. The van der Waals surface area contributed by atoms with Crippen LogP contribution in [0.2, 0.25) is 0 Å². The molecule has 5 heteroatoms. The Bertz CT molecular complexity index is 572. The number of piperidine rings is 1. The molecule has 1 heterocycles. The number of amides is 3. The van der Waals surface area contributed by atoms with E-state index in [1.807, 2.05) is 33.8 Å². The molecule has 1 saturated heterocycles. The number of urea groups is 1. The second-order valence-electron chi connectivity index (χ2n) is 8.04. The number of likely N-dealkylation sites (tertiary alicyclic amines) is 1. The van der Waals surface area contributed by atoms with Gasteiger partial charge in [-0.15, -0.1) is 0 Å². The molecular weight excluding hydrogens is 314 g/mol. The number of hydrogen-bond donors (Lipinski definition) is 2. The average Bonchev–Trinajstić information content (AvgIpc) is 2.54. The molecule has 5 nitrogen and oxygen atoms in total. The smallest absolute Gasteiger partial charge is 0.321 e. The molecule has 0 aromatic heterocycles. The van der Waals surface area contributed by atoms with E-state index in [1.54, 1.807) is 0 Å². The van der Waals surface area contributed by atoms with Crippen LogP contribution in [0.15, 0.2) is 30.3 Å². The molecule has 3 amide bonds. The monoisotopic (exact) mass is 345 g/mol. The maximum absolute atomic E-state index is 12.3. The maximum atomic E-state index is 12.3. The van der Waals surface area contributed by atoms with Gasteiger partial charge in [-0.2, -0.15) is 0 Å². The van der Waals surface area contributed by atoms with Crippen LogP contribution >= 0.6 is 0 Å². The molecule has 138 valence electrons. The van der Waals surface area contributed by atoms with Crippen LogP contribution in [0.5, 0.6) is 0 Å². The van der Waals surface area contributed by atoms with E-state index in [1.165, 1.54) is 5.56 Å². The summed E-state index contributed by atoms with van der Waals surface area (Å²) in [6, 6.07) is 9.85. The highest BCUT2D eigenvalue weighted by molar-refractivity contribution is 5.97. The number of hydrogen-bond acceptors (Lipinski definition) is 3. The van der Waals surface area contributed by atoms with Crippen molar-refractivity contribution in [3.8, 4) is 0 Å². The van der Waals surface area contributed by atoms with Crippen LogP contribution in [-0.2, 0) is 11.2 Å². The van der Waals surface area contributed by atoms with Gasteiger partial charge in [0.2, 0.25) is 5.91 Å². The maximum Gasteiger partial charge on any atom is 0.321 e. The van der Waals surface area contributed by atoms with E-state index in [-0.39, 0.29) is 17.5 Å². The van der Waals surface area contributed by atoms with Crippen LogP contribution in [0.3, 0.4) is 0 Å². The lowest BCUT2D eigenvalue weighted by Crippen LogP contribution is -2.54. The Balaban J connectivity index is 1.77. The van der Waals surface area contributed by atoms with E-state index in [9.17, 15) is 9.59 Å². The van der Waals surface area contributed by atoms with Gasteiger partial charge in [-0.1, -0.05) is 30.3 Å². The van der Waals surface area contributed by atoms with Crippen molar-refractivity contribution in [3.05, 3.63) is 35.9 Å². The molecule has 1 aliphatic rings. The number of benzene rings is 1. The van der Waals surface area contributed by atoms with Gasteiger partial charge >= 0.3 is 6.03 Å². The van der Waals surface area contributed by atoms with Gasteiger partial charge in [0, 0.05) is 5.54 Å². The highest BCUT2D eigenvalue weighted by Gasteiger charge is 2.28. The first-order valence-electron chi connectivity index (χ1n) is 9.15. The molecular formula is C20H31N3O2. The Kier molecular flexibility index (Phi) is 6.59. The van der Waals surface area contributed by atoms with Crippen molar-refractivity contribution in [1.82, 2.24) is 15.5 Å². The summed E-state index contributed by atoms with van der Waals surface area (Å²) >= 11 is 0. The van der Waals surface area contributed by atoms with Gasteiger partial charge < -0.3 is 5.32 Å². The highest BCUT2D eigenvalue weighted by atomic mass is 16.2. The van der Waals surface area contributed by atoms with E-state index in [0.717, 1.165) is 32.4 Å². The molecule has 2 rings (SSSR count). The summed E-state index contributed by atoms with van der Waals surface area (Å²) in [7, 11) is 0. The standard InChI is InChI=1S/C20H31N3O2/c1-15(18(24)21-19(25)22-20(2,3)4)23-12-10-17(11-13-23)14-16-8-6-5-7-9-16/h5-9,15,17H,10-14H2,1-4H3,(H2,21,22,24,25). The second-order valence-corrected chi connectivity index (χ2v) is 8.04. The van der Waals surface area contributed by atoms with E-state index in [4.69, 9.17) is 0 Å². The van der Waals surface area contributed by atoms with E-state index < -0.39 is 6.03 Å². The topological polar surface area (TPSA) is 61.4 Å². The van der Waals surface area contributed by atoms with Crippen molar-refractivity contribution in [2.75, 3.05) is 13.1 Å². The first-order chi connectivity index (χ1) is 11.7. The zero-order chi connectivity index (χ0) is 18.4. The normalized spacial score (nSPS) is 17.8. The molecule has 0 aliphatic carbocycles. The fourth-order valence-corrected chi connectivity index (χ4v) is 3.25. The van der Waals surface area contributed by atoms with Gasteiger partial charge in [0.05, 0.1) is 6.04 Å². The molecule has 25 heavy (non-hydrogen) atoms. The van der Waals surface area contributed by atoms with Crippen LogP contribution in [0, 0.1) is 5.92 Å². The zero-order valence-electron chi connectivity index (χ0n) is 15.8. The average molecular weight is 345 g/mol. The predicted octanol–water partition coefficient (Wildman–Crippen LogP) is 2.95. The van der Waals surface area contributed by atoms with Crippen molar-refractivity contribution in [2.24, 2.45) is 5.92 Å². The summed E-state index contributed by atoms with van der Waals surface area (Å²) < 4.78 is 0. The van der Waals surface area contributed by atoms with Crippen LogP contribution in [0.1, 0.15) is 46.1 Å². The summed E-state index contributed by atoms with van der Waals surface area (Å²) in [5, 5.41) is 5.21. The summed E-state index contributed by atoms with van der Waals surface area (Å²) in [5.74, 6) is 0.432. The largest absolute Gasteiger partial charge is 0.333 e. The van der Waals surface area contributed by atoms with Crippen molar-refractivity contribution < 1.29 is 9.59 Å². The summed E-state index contributed by atoms with van der Waals surface area (Å²) in [6.07, 6.45) is 3.27. The molecule has 1 aliphatic heterocycles. The van der Waals surface area contributed by atoms with E-state index in [0.29, 0.717) is 5.92 Å². The van der Waals surface area contributed by atoms with Gasteiger partial charge in [0.15, 0.2) is 0 Å². The van der Waals surface area contributed by atoms with Gasteiger partial charge in [0.25, 0.3) is 0 Å². The first kappa shape index (κ1) is 19.4. The molecule has 1 fully saturated rings. The van der Waals surface area contributed by atoms with Crippen molar-refractivity contribution in [1.29, 1.82) is 0 Å². The number of rotatable bonds is 4. The lowest BCUT2D eigenvalue weighted by molar-refractivity contribution is -0.125. The quantitative estimate of drug-likeness (QED) is 0.882. The third-order valence-corrected chi connectivity index (χ3v) is 4.67. The van der Waals surface area contributed by atoms with Gasteiger partial charge in [-0.25, -0.2) is 4.79 Å². The van der Waals surface area contributed by atoms with Gasteiger partial charge in [-0.3, -0.25) is 15.0 Å². The van der Waals surface area contributed by atoms with E-state index >= 15 is 0 Å². The van der Waals surface area contributed by atoms with Gasteiger partial charge in [-0.05, 0) is 71.5 Å². The van der Waals surface area contributed by atoms with E-state index in [2.05, 4.69) is 39.8 Å². The lowest BCUT2D eigenvalue weighted by atomic mass is 9.89. The summed E-state index contributed by atoms with van der Waals surface area (Å²) in [4.78, 5) is 26.3. The van der Waals surface area contributed by atoms with Crippen molar-refractivity contribution >= 4 is 11.9 Å². The number of carbonyl (C=O) groups is 2. The van der Waals surface area contributed by atoms with Crippen LogP contribution in [0.25, 0.3) is 0 Å². The number of nitrogens with zero attached hydrogens (tertiary/aromatic N) is 1. The molecule has 1 unspecified atom stereocenters. The van der Waals surface area contributed by atoms with Crippen LogP contribution < -0.4 is 10.6 Å². The Morgan fingerprint density at radius 2 is 1.76 bits per heavy atom. The molecule has 0 spiro atoms. The third-order valence-electron chi connectivity index (χ3n) is 4.67. The molecule has 1 aromatic rings. The Labute approximate surface area is 151 Å². The van der Waals surface area contributed by atoms with Gasteiger partial charge in [0.1, 0.15) is 0 Å². The highest BCUT2D eigenvalue weighted by Crippen LogP contribution is 2.22. The third kappa shape index (κ3) is 6.50. The SMILES string of the molecule is CC(C(=O)NC(=O)NC(C)(C)C)N1CCC(Cc2ccccc2)CC1. The molecule has 0 saturated carbocycles. The zero-order valence-corrected chi connectivity index (χ0v) is 15.8. The molecule has 0 bridgehead atoms. The fraction of sp³-hybridized carbons (Fsp3) is 0.600. The molecule has 1 atom stereocenters. The molecule has 2 N–H and O–H groups in total. The Hall–Kier alpha value is -1.88. The lowest BCUT2D eigenvalue weighted by Gasteiger charge is -2.35.